The number of alkyl halides is 3. The Morgan fingerprint density at radius 2 is 1.89 bits per heavy atom. The topological polar surface area (TPSA) is 67.1 Å². The highest BCUT2D eigenvalue weighted by Crippen LogP contribution is 2.26. The highest BCUT2D eigenvalue weighted by atomic mass is 19.4. The number of nitrogens with zero attached hydrogens (tertiary/aromatic N) is 3. The lowest BCUT2D eigenvalue weighted by Crippen LogP contribution is -2.35. The van der Waals surface area contributed by atoms with Crippen molar-refractivity contribution in [3.63, 3.8) is 0 Å². The van der Waals surface area contributed by atoms with Crippen molar-refractivity contribution in [1.29, 1.82) is 0 Å². The molecule has 0 atom stereocenters. The smallest absolute Gasteiger partial charge is 0.347 e. The fourth-order valence-electron chi connectivity index (χ4n) is 1.61. The van der Waals surface area contributed by atoms with E-state index < -0.39 is 12.7 Å². The molecular weight excluding hydrogens is 247 g/mol. The van der Waals surface area contributed by atoms with Gasteiger partial charge in [-0.05, 0) is 20.8 Å². The maximum absolute atomic E-state index is 12.5. The summed E-state index contributed by atoms with van der Waals surface area (Å²) in [4.78, 5) is 9.21. The summed E-state index contributed by atoms with van der Waals surface area (Å²) < 4.78 is 37.4. The van der Waals surface area contributed by atoms with Crippen LogP contribution in [-0.4, -0.2) is 29.2 Å². The van der Waals surface area contributed by atoms with E-state index >= 15 is 0 Å². The van der Waals surface area contributed by atoms with Crippen LogP contribution in [0.3, 0.4) is 0 Å². The molecule has 0 spiro atoms. The molecule has 0 aliphatic carbocycles. The second-order valence-electron chi connectivity index (χ2n) is 3.84. The number of hydrogen-bond acceptors (Lipinski definition) is 5. The van der Waals surface area contributed by atoms with Crippen LogP contribution in [0.4, 0.5) is 24.8 Å². The third-order valence-corrected chi connectivity index (χ3v) is 2.42. The van der Waals surface area contributed by atoms with Crippen LogP contribution in [0.15, 0.2) is 0 Å². The maximum atomic E-state index is 12.5. The summed E-state index contributed by atoms with van der Waals surface area (Å²) in [5.41, 5.74) is 2.85. The van der Waals surface area contributed by atoms with Crippen molar-refractivity contribution in [3.05, 3.63) is 11.4 Å². The van der Waals surface area contributed by atoms with Gasteiger partial charge in [0.05, 0.1) is 0 Å². The minimum absolute atomic E-state index is 0.195. The molecule has 0 unspecified atom stereocenters. The number of nitrogens with two attached hydrogens (primary N) is 1. The molecule has 1 aromatic rings. The third-order valence-electron chi connectivity index (χ3n) is 2.42. The summed E-state index contributed by atoms with van der Waals surface area (Å²) in [5, 5.41) is 0. The van der Waals surface area contributed by atoms with Crippen molar-refractivity contribution >= 4 is 11.6 Å². The number of aryl methyl sites for hydroxylation is 1. The van der Waals surface area contributed by atoms with Gasteiger partial charge in [-0.1, -0.05) is 0 Å². The Labute approximate surface area is 103 Å². The van der Waals surface area contributed by atoms with Gasteiger partial charge in [-0.2, -0.15) is 13.2 Å². The van der Waals surface area contributed by atoms with E-state index in [4.69, 9.17) is 5.84 Å². The molecule has 0 saturated heterocycles. The summed E-state index contributed by atoms with van der Waals surface area (Å²) in [6.07, 6.45) is -4.28. The van der Waals surface area contributed by atoms with E-state index in [0.717, 1.165) is 4.90 Å². The van der Waals surface area contributed by atoms with E-state index in [2.05, 4.69) is 15.4 Å². The molecule has 0 aliphatic rings. The molecule has 5 nitrogen and oxygen atoms in total. The highest BCUT2D eigenvalue weighted by molar-refractivity contribution is 5.58. The van der Waals surface area contributed by atoms with Gasteiger partial charge in [0.1, 0.15) is 24.0 Å². The first kappa shape index (κ1) is 14.5. The van der Waals surface area contributed by atoms with Crippen LogP contribution < -0.4 is 16.2 Å². The second kappa shape index (κ2) is 5.38. The lowest BCUT2D eigenvalue weighted by Gasteiger charge is -2.25. The van der Waals surface area contributed by atoms with Crippen molar-refractivity contribution in [1.82, 2.24) is 9.97 Å². The molecule has 0 radical (unpaired) electrons. The molecule has 8 heteroatoms. The number of anilines is 2. The first-order chi connectivity index (χ1) is 8.28. The van der Waals surface area contributed by atoms with Gasteiger partial charge in [0, 0.05) is 12.1 Å². The summed E-state index contributed by atoms with van der Waals surface area (Å²) >= 11 is 0. The highest BCUT2D eigenvalue weighted by Gasteiger charge is 2.31. The monoisotopic (exact) mass is 263 g/mol. The van der Waals surface area contributed by atoms with Crippen molar-refractivity contribution in [3.8, 4) is 0 Å². The second-order valence-corrected chi connectivity index (χ2v) is 3.84. The first-order valence-electron chi connectivity index (χ1n) is 5.42. The number of halogens is 3. The Kier molecular flexibility index (Phi) is 4.33. The Hall–Kier alpha value is -1.57. The SMILES string of the molecule is CCN(CC(F)(F)F)c1nc(C)nc(NN)c1C. The van der Waals surface area contributed by atoms with Crippen LogP contribution in [0.1, 0.15) is 18.3 Å². The quantitative estimate of drug-likeness (QED) is 0.640. The van der Waals surface area contributed by atoms with Gasteiger partial charge in [0.25, 0.3) is 0 Å². The van der Waals surface area contributed by atoms with Gasteiger partial charge >= 0.3 is 6.18 Å². The minimum atomic E-state index is -4.28. The van der Waals surface area contributed by atoms with Crippen LogP contribution in [0.5, 0.6) is 0 Å². The largest absolute Gasteiger partial charge is 0.405 e. The Morgan fingerprint density at radius 3 is 2.33 bits per heavy atom. The Bertz CT molecular complexity index is 419. The molecule has 0 amide bonds. The number of aromatic nitrogens is 2. The van der Waals surface area contributed by atoms with E-state index in [0.29, 0.717) is 17.2 Å². The van der Waals surface area contributed by atoms with E-state index in [1.165, 1.54) is 0 Å². The van der Waals surface area contributed by atoms with Gasteiger partial charge in [0.15, 0.2) is 0 Å². The standard InChI is InChI=1S/C10H16F3N5/c1-4-18(5-10(11,12)13)9-6(2)8(17-14)15-7(3)16-9/h4-5,14H2,1-3H3,(H,15,16,17). The van der Waals surface area contributed by atoms with Crippen molar-refractivity contribution < 1.29 is 13.2 Å². The van der Waals surface area contributed by atoms with Gasteiger partial charge in [0.2, 0.25) is 0 Å². The average Bonchev–Trinajstić information content (AvgIpc) is 2.27. The summed E-state index contributed by atoms with van der Waals surface area (Å²) in [6, 6.07) is 0. The minimum Gasteiger partial charge on any atom is -0.347 e. The van der Waals surface area contributed by atoms with Gasteiger partial charge in [-0.25, -0.2) is 15.8 Å². The zero-order valence-corrected chi connectivity index (χ0v) is 10.5. The maximum Gasteiger partial charge on any atom is 0.405 e. The van der Waals surface area contributed by atoms with Gasteiger partial charge in [-0.3, -0.25) is 0 Å². The Balaban J connectivity index is 3.17. The molecule has 0 fully saturated rings. The molecule has 3 N–H and O–H groups in total. The molecule has 0 aromatic carbocycles. The van der Waals surface area contributed by atoms with Crippen molar-refractivity contribution in [2.45, 2.75) is 26.9 Å². The Morgan fingerprint density at radius 1 is 1.28 bits per heavy atom. The van der Waals surface area contributed by atoms with E-state index in [-0.39, 0.29) is 12.4 Å². The average molecular weight is 263 g/mol. The van der Waals surface area contributed by atoms with Crippen LogP contribution in [0.2, 0.25) is 0 Å². The molecule has 18 heavy (non-hydrogen) atoms. The normalized spacial score (nSPS) is 11.5. The zero-order valence-electron chi connectivity index (χ0n) is 10.5. The third kappa shape index (κ3) is 3.46. The number of nitrogen functional groups attached to an aromatic ring is 1. The van der Waals surface area contributed by atoms with Crippen LogP contribution in [0, 0.1) is 13.8 Å². The molecule has 0 bridgehead atoms. The van der Waals surface area contributed by atoms with E-state index in [9.17, 15) is 13.2 Å². The summed E-state index contributed by atoms with van der Waals surface area (Å²) in [6.45, 7) is 4.01. The predicted octanol–water partition coefficient (Wildman–Crippen LogP) is 1.77. The number of nitrogens with one attached hydrogen (secondary N) is 1. The van der Waals surface area contributed by atoms with Crippen LogP contribution in [-0.2, 0) is 0 Å². The molecule has 1 heterocycles. The number of rotatable bonds is 4. The molecular formula is C10H16F3N5. The molecule has 102 valence electrons. The predicted molar refractivity (Wildman–Crippen MR) is 63.3 cm³/mol. The molecule has 1 rings (SSSR count). The number of hydrazine groups is 1. The zero-order chi connectivity index (χ0) is 13.9. The first-order valence-corrected chi connectivity index (χ1v) is 5.42. The fraction of sp³-hybridized carbons (Fsp3) is 0.600. The molecule has 0 aliphatic heterocycles. The van der Waals surface area contributed by atoms with Crippen LogP contribution in [0.25, 0.3) is 0 Å². The lowest BCUT2D eigenvalue weighted by molar-refractivity contribution is -0.119. The lowest BCUT2D eigenvalue weighted by atomic mass is 10.2. The molecule has 1 aromatic heterocycles. The van der Waals surface area contributed by atoms with Crippen LogP contribution >= 0.6 is 0 Å². The summed E-state index contributed by atoms with van der Waals surface area (Å²) in [7, 11) is 0. The van der Waals surface area contributed by atoms with E-state index in [1.807, 2.05) is 0 Å². The van der Waals surface area contributed by atoms with Gasteiger partial charge in [-0.15, -0.1) is 0 Å². The van der Waals surface area contributed by atoms with Crippen molar-refractivity contribution in [2.75, 3.05) is 23.4 Å². The molecule has 0 saturated carbocycles. The van der Waals surface area contributed by atoms with E-state index in [1.54, 1.807) is 20.8 Å². The summed E-state index contributed by atoms with van der Waals surface area (Å²) in [5.74, 6) is 6.22. The number of hydrogen-bond donors (Lipinski definition) is 2. The van der Waals surface area contributed by atoms with Gasteiger partial charge < -0.3 is 10.3 Å². The fourth-order valence-corrected chi connectivity index (χ4v) is 1.61. The van der Waals surface area contributed by atoms with Crippen molar-refractivity contribution in [2.24, 2.45) is 5.84 Å².